The molecule has 3 rings (SSSR count). The maximum atomic E-state index is 13.3. The summed E-state index contributed by atoms with van der Waals surface area (Å²) in [5.74, 6) is -0.285. The number of hydrogen-bond donors (Lipinski definition) is 1. The van der Waals surface area contributed by atoms with Gasteiger partial charge in [0.25, 0.3) is 0 Å². The lowest BCUT2D eigenvalue weighted by molar-refractivity contribution is 0.178. The predicted molar refractivity (Wildman–Crippen MR) is 79.3 cm³/mol. The van der Waals surface area contributed by atoms with E-state index in [9.17, 15) is 9.50 Å². The van der Waals surface area contributed by atoms with E-state index in [0.29, 0.717) is 6.42 Å². The molecule has 1 N–H and O–H groups in total. The molecule has 1 unspecified atom stereocenters. The summed E-state index contributed by atoms with van der Waals surface area (Å²) in [5.41, 5.74) is 4.06. The SMILES string of the molecule is Cc1ccc(F)cc1CC(O)c1ccc2nccnc2c1. The quantitative estimate of drug-likeness (QED) is 0.801. The lowest BCUT2D eigenvalue weighted by Gasteiger charge is -2.13. The van der Waals surface area contributed by atoms with Crippen LogP contribution in [0.1, 0.15) is 22.8 Å². The summed E-state index contributed by atoms with van der Waals surface area (Å²) < 4.78 is 13.3. The molecule has 106 valence electrons. The number of rotatable bonds is 3. The molecule has 0 spiro atoms. The average molecular weight is 282 g/mol. The van der Waals surface area contributed by atoms with Gasteiger partial charge in [-0.25, -0.2) is 4.39 Å². The molecule has 1 atom stereocenters. The Bertz CT molecular complexity index is 789. The molecule has 1 heterocycles. The molecule has 2 aromatic carbocycles. The number of hydrogen-bond acceptors (Lipinski definition) is 3. The van der Waals surface area contributed by atoms with E-state index < -0.39 is 6.10 Å². The second kappa shape index (κ2) is 5.58. The standard InChI is InChI=1S/C17H15FN2O/c1-11-2-4-14(18)8-13(11)10-17(21)12-3-5-15-16(9-12)20-7-6-19-15/h2-9,17,21H,10H2,1H3. The first-order valence-corrected chi connectivity index (χ1v) is 6.77. The van der Waals surface area contributed by atoms with E-state index in [1.54, 1.807) is 18.5 Å². The van der Waals surface area contributed by atoms with E-state index in [-0.39, 0.29) is 5.82 Å². The number of aliphatic hydroxyl groups is 1. The van der Waals surface area contributed by atoms with Crippen molar-refractivity contribution in [2.75, 3.05) is 0 Å². The molecule has 0 saturated heterocycles. The largest absolute Gasteiger partial charge is 0.388 e. The Labute approximate surface area is 122 Å². The van der Waals surface area contributed by atoms with Gasteiger partial charge in [0.2, 0.25) is 0 Å². The lowest BCUT2D eigenvalue weighted by atomic mass is 9.98. The first kappa shape index (κ1) is 13.6. The van der Waals surface area contributed by atoms with Gasteiger partial charge in [-0.15, -0.1) is 0 Å². The number of fused-ring (bicyclic) bond motifs is 1. The number of aliphatic hydroxyl groups excluding tert-OH is 1. The summed E-state index contributed by atoms with van der Waals surface area (Å²) in [5, 5.41) is 10.4. The van der Waals surface area contributed by atoms with Crippen molar-refractivity contribution >= 4 is 11.0 Å². The summed E-state index contributed by atoms with van der Waals surface area (Å²) >= 11 is 0. The fraction of sp³-hybridized carbons (Fsp3) is 0.176. The minimum absolute atomic E-state index is 0.285. The second-order valence-electron chi connectivity index (χ2n) is 5.10. The monoisotopic (exact) mass is 282 g/mol. The maximum Gasteiger partial charge on any atom is 0.123 e. The van der Waals surface area contributed by atoms with Gasteiger partial charge in [-0.3, -0.25) is 9.97 Å². The third-order valence-electron chi connectivity index (χ3n) is 3.60. The Balaban J connectivity index is 1.89. The molecular weight excluding hydrogens is 267 g/mol. The van der Waals surface area contributed by atoms with Gasteiger partial charge in [0.15, 0.2) is 0 Å². The first-order chi connectivity index (χ1) is 10.1. The average Bonchev–Trinajstić information content (AvgIpc) is 2.50. The van der Waals surface area contributed by atoms with E-state index in [1.165, 1.54) is 12.1 Å². The zero-order valence-corrected chi connectivity index (χ0v) is 11.6. The van der Waals surface area contributed by atoms with Gasteiger partial charge in [-0.2, -0.15) is 0 Å². The smallest absolute Gasteiger partial charge is 0.123 e. The van der Waals surface area contributed by atoms with Gasteiger partial charge in [0, 0.05) is 18.8 Å². The first-order valence-electron chi connectivity index (χ1n) is 6.77. The Hall–Kier alpha value is -2.33. The van der Waals surface area contributed by atoms with Crippen molar-refractivity contribution < 1.29 is 9.50 Å². The molecule has 3 aromatic rings. The third kappa shape index (κ3) is 2.90. The third-order valence-corrected chi connectivity index (χ3v) is 3.60. The molecule has 0 bridgehead atoms. The fourth-order valence-electron chi connectivity index (χ4n) is 2.37. The van der Waals surface area contributed by atoms with Crippen LogP contribution in [-0.4, -0.2) is 15.1 Å². The molecular formula is C17H15FN2O. The summed E-state index contributed by atoms with van der Waals surface area (Å²) in [4.78, 5) is 8.43. The molecule has 4 heteroatoms. The number of aryl methyl sites for hydroxylation is 1. The Morgan fingerprint density at radius 1 is 1.05 bits per heavy atom. The van der Waals surface area contributed by atoms with Crippen molar-refractivity contribution in [3.63, 3.8) is 0 Å². The zero-order valence-electron chi connectivity index (χ0n) is 11.6. The number of benzene rings is 2. The van der Waals surface area contributed by atoms with Crippen molar-refractivity contribution in [2.45, 2.75) is 19.4 Å². The van der Waals surface area contributed by atoms with E-state index in [1.807, 2.05) is 25.1 Å². The van der Waals surface area contributed by atoms with Gasteiger partial charge >= 0.3 is 0 Å². The van der Waals surface area contributed by atoms with E-state index in [2.05, 4.69) is 9.97 Å². The van der Waals surface area contributed by atoms with Gasteiger partial charge < -0.3 is 5.11 Å². The topological polar surface area (TPSA) is 46.0 Å². The van der Waals surface area contributed by atoms with Crippen LogP contribution in [-0.2, 0) is 6.42 Å². The van der Waals surface area contributed by atoms with Crippen LogP contribution in [0.3, 0.4) is 0 Å². The Morgan fingerprint density at radius 2 is 1.81 bits per heavy atom. The molecule has 21 heavy (non-hydrogen) atoms. The van der Waals surface area contributed by atoms with Crippen LogP contribution in [0.2, 0.25) is 0 Å². The van der Waals surface area contributed by atoms with Crippen molar-refractivity contribution in [3.05, 3.63) is 71.3 Å². The van der Waals surface area contributed by atoms with E-state index >= 15 is 0 Å². The zero-order chi connectivity index (χ0) is 14.8. The molecule has 0 fully saturated rings. The highest BCUT2D eigenvalue weighted by Gasteiger charge is 2.12. The number of nitrogens with zero attached hydrogens (tertiary/aromatic N) is 2. The molecule has 0 aliphatic heterocycles. The normalized spacial score (nSPS) is 12.5. The van der Waals surface area contributed by atoms with Crippen LogP contribution >= 0.6 is 0 Å². The van der Waals surface area contributed by atoms with Gasteiger partial charge in [0.05, 0.1) is 17.1 Å². The molecule has 0 aliphatic carbocycles. The molecule has 3 nitrogen and oxygen atoms in total. The lowest BCUT2D eigenvalue weighted by Crippen LogP contribution is -2.04. The molecule has 1 aromatic heterocycles. The van der Waals surface area contributed by atoms with Gasteiger partial charge in [0.1, 0.15) is 5.82 Å². The van der Waals surface area contributed by atoms with Crippen molar-refractivity contribution in [3.8, 4) is 0 Å². The highest BCUT2D eigenvalue weighted by Crippen LogP contribution is 2.23. The summed E-state index contributed by atoms with van der Waals surface area (Å²) in [6.45, 7) is 1.91. The molecule has 0 amide bonds. The number of halogens is 1. The van der Waals surface area contributed by atoms with Crippen LogP contribution in [0.25, 0.3) is 11.0 Å². The molecule has 0 saturated carbocycles. The minimum atomic E-state index is -0.697. The van der Waals surface area contributed by atoms with Crippen LogP contribution < -0.4 is 0 Å². The van der Waals surface area contributed by atoms with Crippen LogP contribution in [0, 0.1) is 12.7 Å². The van der Waals surface area contributed by atoms with Gasteiger partial charge in [-0.1, -0.05) is 12.1 Å². The highest BCUT2D eigenvalue weighted by atomic mass is 19.1. The predicted octanol–water partition coefficient (Wildman–Crippen LogP) is 3.35. The molecule has 0 radical (unpaired) electrons. The van der Waals surface area contributed by atoms with Crippen molar-refractivity contribution in [1.82, 2.24) is 9.97 Å². The van der Waals surface area contributed by atoms with E-state index in [4.69, 9.17) is 0 Å². The van der Waals surface area contributed by atoms with Crippen LogP contribution in [0.15, 0.2) is 48.8 Å². The number of aromatic nitrogens is 2. The van der Waals surface area contributed by atoms with Crippen molar-refractivity contribution in [1.29, 1.82) is 0 Å². The molecule has 0 aliphatic rings. The summed E-state index contributed by atoms with van der Waals surface area (Å²) in [7, 11) is 0. The maximum absolute atomic E-state index is 13.3. The summed E-state index contributed by atoms with van der Waals surface area (Å²) in [6.07, 6.45) is 2.93. The Kier molecular flexibility index (Phi) is 3.62. The van der Waals surface area contributed by atoms with Crippen molar-refractivity contribution in [2.24, 2.45) is 0 Å². The summed E-state index contributed by atoms with van der Waals surface area (Å²) in [6, 6.07) is 10.1. The van der Waals surface area contributed by atoms with E-state index in [0.717, 1.165) is 27.7 Å². The highest BCUT2D eigenvalue weighted by molar-refractivity contribution is 5.74. The minimum Gasteiger partial charge on any atom is -0.388 e. The van der Waals surface area contributed by atoms with Crippen LogP contribution in [0.5, 0.6) is 0 Å². The second-order valence-corrected chi connectivity index (χ2v) is 5.10. The fourth-order valence-corrected chi connectivity index (χ4v) is 2.37. The Morgan fingerprint density at radius 3 is 2.62 bits per heavy atom. The van der Waals surface area contributed by atoms with Gasteiger partial charge in [-0.05, 0) is 47.9 Å². The van der Waals surface area contributed by atoms with Crippen LogP contribution in [0.4, 0.5) is 4.39 Å².